The van der Waals surface area contributed by atoms with E-state index in [-0.39, 0.29) is 11.7 Å². The van der Waals surface area contributed by atoms with Crippen molar-refractivity contribution in [3.05, 3.63) is 23.3 Å². The maximum absolute atomic E-state index is 13.2. The number of alkyl halides is 1. The van der Waals surface area contributed by atoms with Gasteiger partial charge in [0.1, 0.15) is 5.75 Å². The highest BCUT2D eigenvalue weighted by atomic mass is 35.5. The Morgan fingerprint density at radius 2 is 2.33 bits per heavy atom. The van der Waals surface area contributed by atoms with Gasteiger partial charge in [0.15, 0.2) is 5.82 Å². The molecule has 0 N–H and O–H groups in total. The Kier molecular flexibility index (Phi) is 2.87. The quantitative estimate of drug-likeness (QED) is 0.666. The zero-order chi connectivity index (χ0) is 9.14. The lowest BCUT2D eigenvalue weighted by atomic mass is 10.2. The Balaban J connectivity index is 3.25. The van der Waals surface area contributed by atoms with Crippen molar-refractivity contribution in [3.63, 3.8) is 0 Å². The Morgan fingerprint density at radius 1 is 1.67 bits per heavy atom. The van der Waals surface area contributed by atoms with Crippen molar-refractivity contribution >= 4 is 11.6 Å². The summed E-state index contributed by atoms with van der Waals surface area (Å²) in [6.07, 6.45) is 1.47. The molecule has 0 radical (unpaired) electrons. The maximum atomic E-state index is 13.2. The molecule has 0 aliphatic carbocycles. The molecule has 1 aromatic heterocycles. The normalized spacial score (nSPS) is 10.0. The summed E-state index contributed by atoms with van der Waals surface area (Å²) in [7, 11) is 1.46. The van der Waals surface area contributed by atoms with Gasteiger partial charge in [-0.2, -0.15) is 0 Å². The molecule has 12 heavy (non-hydrogen) atoms. The summed E-state index contributed by atoms with van der Waals surface area (Å²) in [6.45, 7) is 1.59. The smallest absolute Gasteiger partial charge is 0.152 e. The minimum Gasteiger partial charge on any atom is -0.495 e. The number of nitrogens with zero attached hydrogens (tertiary/aromatic N) is 1. The van der Waals surface area contributed by atoms with E-state index in [0.29, 0.717) is 17.0 Å². The topological polar surface area (TPSA) is 22.1 Å². The number of ether oxygens (including phenoxy) is 1. The van der Waals surface area contributed by atoms with Crippen molar-refractivity contribution in [2.45, 2.75) is 12.8 Å². The zero-order valence-electron chi connectivity index (χ0n) is 6.90. The minimum absolute atomic E-state index is 0.0956. The molecule has 1 heterocycles. The van der Waals surface area contributed by atoms with Crippen LogP contribution in [0.1, 0.15) is 11.3 Å². The molecule has 0 spiro atoms. The van der Waals surface area contributed by atoms with Crippen LogP contribution in [-0.2, 0) is 5.88 Å². The number of aromatic nitrogens is 1. The molecule has 0 atom stereocenters. The Morgan fingerprint density at radius 3 is 2.83 bits per heavy atom. The summed E-state index contributed by atoms with van der Waals surface area (Å²) < 4.78 is 18.1. The molecule has 1 aromatic rings. The number of halogens is 2. The Labute approximate surface area is 75.3 Å². The van der Waals surface area contributed by atoms with E-state index in [9.17, 15) is 4.39 Å². The number of hydrogen-bond acceptors (Lipinski definition) is 2. The standard InChI is InChI=1S/C8H9ClFNO/c1-5-8(10)6(3-9)7(12-2)4-11-5/h4H,3H2,1-2H3. The van der Waals surface area contributed by atoms with Crippen LogP contribution in [0.15, 0.2) is 6.20 Å². The van der Waals surface area contributed by atoms with Gasteiger partial charge in [0.05, 0.1) is 24.9 Å². The molecular weight excluding hydrogens is 181 g/mol. The molecule has 2 nitrogen and oxygen atoms in total. The highest BCUT2D eigenvalue weighted by Crippen LogP contribution is 2.23. The largest absolute Gasteiger partial charge is 0.495 e. The van der Waals surface area contributed by atoms with E-state index in [1.165, 1.54) is 13.3 Å². The van der Waals surface area contributed by atoms with Crippen LogP contribution in [0.2, 0.25) is 0 Å². The summed E-state index contributed by atoms with van der Waals surface area (Å²) in [5, 5.41) is 0. The van der Waals surface area contributed by atoms with E-state index in [1.807, 2.05) is 0 Å². The molecule has 0 saturated carbocycles. The highest BCUT2D eigenvalue weighted by Gasteiger charge is 2.11. The molecule has 0 unspecified atom stereocenters. The van der Waals surface area contributed by atoms with Crippen LogP contribution < -0.4 is 4.74 Å². The molecule has 0 aliphatic heterocycles. The van der Waals surface area contributed by atoms with Gasteiger partial charge in [-0.25, -0.2) is 4.39 Å². The fourth-order valence-electron chi connectivity index (χ4n) is 0.917. The second-order valence-electron chi connectivity index (χ2n) is 2.34. The Bertz CT molecular complexity index is 291. The van der Waals surface area contributed by atoms with Crippen LogP contribution in [-0.4, -0.2) is 12.1 Å². The molecule has 0 bridgehead atoms. The number of rotatable bonds is 2. The minimum atomic E-state index is -0.385. The fraction of sp³-hybridized carbons (Fsp3) is 0.375. The average molecular weight is 190 g/mol. The summed E-state index contributed by atoms with van der Waals surface area (Å²) in [6, 6.07) is 0. The lowest BCUT2D eigenvalue weighted by Gasteiger charge is -2.07. The van der Waals surface area contributed by atoms with Gasteiger partial charge >= 0.3 is 0 Å². The second-order valence-corrected chi connectivity index (χ2v) is 2.61. The van der Waals surface area contributed by atoms with E-state index in [4.69, 9.17) is 16.3 Å². The van der Waals surface area contributed by atoms with Crippen LogP contribution in [0, 0.1) is 12.7 Å². The van der Waals surface area contributed by atoms with E-state index in [2.05, 4.69) is 4.98 Å². The Hall–Kier alpha value is -0.830. The van der Waals surface area contributed by atoms with E-state index in [0.717, 1.165) is 0 Å². The first-order chi connectivity index (χ1) is 5.70. The first kappa shape index (κ1) is 9.26. The lowest BCUT2D eigenvalue weighted by molar-refractivity contribution is 0.403. The monoisotopic (exact) mass is 189 g/mol. The fourth-order valence-corrected chi connectivity index (χ4v) is 1.17. The van der Waals surface area contributed by atoms with E-state index >= 15 is 0 Å². The SMILES string of the molecule is COc1cnc(C)c(F)c1CCl. The van der Waals surface area contributed by atoms with Crippen molar-refractivity contribution < 1.29 is 9.13 Å². The maximum Gasteiger partial charge on any atom is 0.152 e. The third-order valence-electron chi connectivity index (χ3n) is 1.61. The van der Waals surface area contributed by atoms with Crippen molar-refractivity contribution in [2.24, 2.45) is 0 Å². The summed E-state index contributed by atoms with van der Waals surface area (Å²) in [5.74, 6) is 0.107. The zero-order valence-corrected chi connectivity index (χ0v) is 7.65. The first-order valence-corrected chi connectivity index (χ1v) is 3.98. The third kappa shape index (κ3) is 1.50. The number of aryl methyl sites for hydroxylation is 1. The second kappa shape index (κ2) is 3.72. The van der Waals surface area contributed by atoms with Gasteiger partial charge in [0.2, 0.25) is 0 Å². The van der Waals surface area contributed by atoms with Crippen molar-refractivity contribution in [3.8, 4) is 5.75 Å². The summed E-state index contributed by atoms with van der Waals surface area (Å²) >= 11 is 5.54. The molecule has 1 rings (SSSR count). The van der Waals surface area contributed by atoms with Gasteiger partial charge in [-0.15, -0.1) is 11.6 Å². The van der Waals surface area contributed by atoms with Crippen molar-refractivity contribution in [1.29, 1.82) is 0 Å². The van der Waals surface area contributed by atoms with Crippen LogP contribution >= 0.6 is 11.6 Å². The van der Waals surface area contributed by atoms with Gasteiger partial charge < -0.3 is 4.74 Å². The first-order valence-electron chi connectivity index (χ1n) is 3.44. The van der Waals surface area contributed by atoms with Crippen LogP contribution in [0.4, 0.5) is 4.39 Å². The average Bonchev–Trinajstić information content (AvgIpc) is 2.09. The third-order valence-corrected chi connectivity index (χ3v) is 1.88. The molecule has 4 heteroatoms. The molecular formula is C8H9ClFNO. The van der Waals surface area contributed by atoms with Gasteiger partial charge in [-0.05, 0) is 6.92 Å². The summed E-state index contributed by atoms with van der Waals surface area (Å²) in [4.78, 5) is 3.80. The molecule has 0 fully saturated rings. The van der Waals surface area contributed by atoms with Gasteiger partial charge in [-0.1, -0.05) is 0 Å². The van der Waals surface area contributed by atoms with Crippen molar-refractivity contribution in [1.82, 2.24) is 4.98 Å². The summed E-state index contributed by atoms with van der Waals surface area (Å²) in [5.41, 5.74) is 0.707. The van der Waals surface area contributed by atoms with Crippen LogP contribution in [0.25, 0.3) is 0 Å². The molecule has 0 amide bonds. The van der Waals surface area contributed by atoms with Crippen LogP contribution in [0.5, 0.6) is 5.75 Å². The molecule has 0 aliphatic rings. The van der Waals surface area contributed by atoms with E-state index in [1.54, 1.807) is 6.92 Å². The number of methoxy groups -OCH3 is 1. The number of hydrogen-bond donors (Lipinski definition) is 0. The predicted octanol–water partition coefficient (Wildman–Crippen LogP) is 2.28. The molecule has 66 valence electrons. The number of pyridine rings is 1. The van der Waals surface area contributed by atoms with E-state index < -0.39 is 0 Å². The van der Waals surface area contributed by atoms with Crippen molar-refractivity contribution in [2.75, 3.05) is 7.11 Å². The predicted molar refractivity (Wildman–Crippen MR) is 45.0 cm³/mol. The van der Waals surface area contributed by atoms with Gasteiger partial charge in [-0.3, -0.25) is 4.98 Å². The molecule has 0 aromatic carbocycles. The lowest BCUT2D eigenvalue weighted by Crippen LogP contribution is -1.98. The van der Waals surface area contributed by atoms with Crippen LogP contribution in [0.3, 0.4) is 0 Å². The van der Waals surface area contributed by atoms with Gasteiger partial charge in [0.25, 0.3) is 0 Å². The highest BCUT2D eigenvalue weighted by molar-refractivity contribution is 6.17. The van der Waals surface area contributed by atoms with Gasteiger partial charge in [0, 0.05) is 5.56 Å². The molecule has 0 saturated heterocycles.